The van der Waals surface area contributed by atoms with Crippen LogP contribution in [0.1, 0.15) is 16.9 Å². The number of hydrogen-bond donors (Lipinski definition) is 1. The minimum atomic E-state index is -3.04. The quantitative estimate of drug-likeness (QED) is 0.904. The predicted octanol–water partition coefficient (Wildman–Crippen LogP) is 1.78. The van der Waals surface area contributed by atoms with Crippen LogP contribution in [-0.2, 0) is 9.84 Å². The number of halogens is 1. The van der Waals surface area contributed by atoms with Crippen molar-refractivity contribution in [2.24, 2.45) is 0 Å². The van der Waals surface area contributed by atoms with Crippen molar-refractivity contribution >= 4 is 38.9 Å². The molecule has 1 saturated heterocycles. The zero-order valence-corrected chi connectivity index (χ0v) is 13.7. The van der Waals surface area contributed by atoms with Crippen LogP contribution < -0.4 is 5.32 Å². The van der Waals surface area contributed by atoms with E-state index >= 15 is 0 Å². The Morgan fingerprint density at radius 1 is 1.32 bits per heavy atom. The molecule has 1 unspecified atom stereocenters. The number of aromatic nitrogens is 2. The molecule has 1 aromatic carbocycles. The molecular formula is C13H12ClN3O3S2. The van der Waals surface area contributed by atoms with Crippen molar-refractivity contribution in [3.63, 3.8) is 0 Å². The molecule has 1 aromatic heterocycles. The largest absolute Gasteiger partial charge is 0.347 e. The smallest absolute Gasteiger partial charge is 0.273 e. The number of amides is 1. The number of sulfone groups is 1. The number of nitrogens with zero attached hydrogens (tertiary/aromatic N) is 2. The van der Waals surface area contributed by atoms with Crippen molar-refractivity contribution in [1.29, 1.82) is 0 Å². The minimum absolute atomic E-state index is 0.0212. The summed E-state index contributed by atoms with van der Waals surface area (Å²) in [7, 11) is -3.04. The van der Waals surface area contributed by atoms with E-state index in [-0.39, 0.29) is 23.2 Å². The second kappa shape index (κ2) is 5.94. The van der Waals surface area contributed by atoms with E-state index in [0.717, 1.165) is 17.1 Å². The van der Waals surface area contributed by atoms with Gasteiger partial charge in [0.05, 0.1) is 16.4 Å². The molecular weight excluding hydrogens is 346 g/mol. The van der Waals surface area contributed by atoms with Gasteiger partial charge in [-0.2, -0.15) is 0 Å². The summed E-state index contributed by atoms with van der Waals surface area (Å²) in [5.41, 5.74) is 1.00. The summed E-state index contributed by atoms with van der Waals surface area (Å²) in [5, 5.41) is 7.19. The van der Waals surface area contributed by atoms with E-state index in [1.165, 1.54) is 0 Å². The maximum absolute atomic E-state index is 12.3. The lowest BCUT2D eigenvalue weighted by molar-refractivity contribution is 0.0936. The summed E-state index contributed by atoms with van der Waals surface area (Å²) < 4.78 is 26.7. The molecule has 1 amide bonds. The van der Waals surface area contributed by atoms with E-state index < -0.39 is 15.7 Å². The first kappa shape index (κ1) is 15.4. The first-order valence-corrected chi connectivity index (χ1v) is 9.51. The summed E-state index contributed by atoms with van der Waals surface area (Å²) in [6.07, 6.45) is 0.432. The fourth-order valence-electron chi connectivity index (χ4n) is 2.29. The molecule has 6 nitrogen and oxygen atoms in total. The van der Waals surface area contributed by atoms with Crippen molar-refractivity contribution in [2.45, 2.75) is 12.5 Å². The van der Waals surface area contributed by atoms with Gasteiger partial charge in [-0.15, -0.1) is 5.10 Å². The Morgan fingerprint density at radius 3 is 2.68 bits per heavy atom. The normalized spacial score (nSPS) is 20.0. The Kier molecular flexibility index (Phi) is 4.16. The second-order valence-electron chi connectivity index (χ2n) is 5.03. The lowest BCUT2D eigenvalue weighted by Crippen LogP contribution is -2.36. The summed E-state index contributed by atoms with van der Waals surface area (Å²) in [4.78, 5) is 12.9. The monoisotopic (exact) mass is 357 g/mol. The Morgan fingerprint density at radius 2 is 2.05 bits per heavy atom. The van der Waals surface area contributed by atoms with Gasteiger partial charge in [0.2, 0.25) is 0 Å². The Bertz CT molecular complexity index is 802. The number of carbonyl (C=O) groups is 1. The Hall–Kier alpha value is -1.51. The van der Waals surface area contributed by atoms with E-state index in [4.69, 9.17) is 11.6 Å². The predicted molar refractivity (Wildman–Crippen MR) is 84.9 cm³/mol. The van der Waals surface area contributed by atoms with E-state index in [2.05, 4.69) is 14.9 Å². The van der Waals surface area contributed by atoms with Crippen LogP contribution in [0.2, 0.25) is 5.02 Å². The lowest BCUT2D eigenvalue weighted by Gasteiger charge is -2.09. The van der Waals surface area contributed by atoms with Gasteiger partial charge in [0, 0.05) is 11.1 Å². The van der Waals surface area contributed by atoms with Crippen LogP contribution in [0.15, 0.2) is 24.3 Å². The van der Waals surface area contributed by atoms with Gasteiger partial charge in [0.25, 0.3) is 5.91 Å². The first-order valence-electron chi connectivity index (χ1n) is 6.54. The molecule has 9 heteroatoms. The molecule has 1 aliphatic heterocycles. The first-order chi connectivity index (χ1) is 10.4. The van der Waals surface area contributed by atoms with Gasteiger partial charge in [0.1, 0.15) is 0 Å². The third-order valence-electron chi connectivity index (χ3n) is 3.38. The number of nitrogens with one attached hydrogen (secondary N) is 1. The maximum Gasteiger partial charge on any atom is 0.273 e. The zero-order chi connectivity index (χ0) is 15.7. The van der Waals surface area contributed by atoms with Crippen molar-refractivity contribution < 1.29 is 13.2 Å². The van der Waals surface area contributed by atoms with Crippen molar-refractivity contribution in [3.05, 3.63) is 35.0 Å². The van der Waals surface area contributed by atoms with Crippen LogP contribution in [-0.4, -0.2) is 41.5 Å². The molecule has 116 valence electrons. The zero-order valence-electron chi connectivity index (χ0n) is 11.3. The molecule has 1 atom stereocenters. The van der Waals surface area contributed by atoms with E-state index in [1.807, 2.05) is 0 Å². The van der Waals surface area contributed by atoms with Gasteiger partial charge in [-0.25, -0.2) is 8.42 Å². The van der Waals surface area contributed by atoms with Crippen LogP contribution in [0.4, 0.5) is 0 Å². The second-order valence-corrected chi connectivity index (χ2v) is 8.45. The molecule has 1 fully saturated rings. The number of hydrogen-bond acceptors (Lipinski definition) is 6. The SMILES string of the molecule is O=C(NC1CCS(=O)(=O)C1)c1nnsc1-c1ccc(Cl)cc1. The summed E-state index contributed by atoms with van der Waals surface area (Å²) >= 11 is 6.96. The molecule has 1 aliphatic rings. The topological polar surface area (TPSA) is 89.0 Å². The number of rotatable bonds is 3. The highest BCUT2D eigenvalue weighted by Gasteiger charge is 2.30. The lowest BCUT2D eigenvalue weighted by atomic mass is 10.1. The van der Waals surface area contributed by atoms with Crippen LogP contribution in [0.5, 0.6) is 0 Å². The molecule has 0 saturated carbocycles. The highest BCUT2D eigenvalue weighted by Crippen LogP contribution is 2.27. The molecule has 2 heterocycles. The van der Waals surface area contributed by atoms with Gasteiger partial charge in [-0.05, 0) is 35.6 Å². The summed E-state index contributed by atoms with van der Waals surface area (Å²) in [5.74, 6) is -0.315. The van der Waals surface area contributed by atoms with Gasteiger partial charge >= 0.3 is 0 Å². The fourth-order valence-corrected chi connectivity index (χ4v) is 4.76. The summed E-state index contributed by atoms with van der Waals surface area (Å²) in [6.45, 7) is 0. The molecule has 0 spiro atoms. The fraction of sp³-hybridized carbons (Fsp3) is 0.308. The van der Waals surface area contributed by atoms with E-state index in [0.29, 0.717) is 16.3 Å². The van der Waals surface area contributed by atoms with Gasteiger partial charge in [-0.3, -0.25) is 4.79 Å². The van der Waals surface area contributed by atoms with Crippen LogP contribution in [0, 0.1) is 0 Å². The highest BCUT2D eigenvalue weighted by molar-refractivity contribution is 7.91. The summed E-state index contributed by atoms with van der Waals surface area (Å²) in [6, 6.07) is 6.66. The van der Waals surface area contributed by atoms with Crippen LogP contribution in [0.3, 0.4) is 0 Å². The third-order valence-corrected chi connectivity index (χ3v) is 6.17. The van der Waals surface area contributed by atoms with Gasteiger partial charge in [-0.1, -0.05) is 28.2 Å². The van der Waals surface area contributed by atoms with Gasteiger partial charge < -0.3 is 5.32 Å². The maximum atomic E-state index is 12.3. The van der Waals surface area contributed by atoms with Crippen LogP contribution in [0.25, 0.3) is 10.4 Å². The van der Waals surface area contributed by atoms with E-state index in [1.54, 1.807) is 24.3 Å². The molecule has 22 heavy (non-hydrogen) atoms. The van der Waals surface area contributed by atoms with Crippen LogP contribution >= 0.6 is 23.1 Å². The molecule has 0 bridgehead atoms. The molecule has 3 rings (SSSR count). The third kappa shape index (κ3) is 3.29. The molecule has 2 aromatic rings. The average Bonchev–Trinajstić information content (AvgIpc) is 3.06. The highest BCUT2D eigenvalue weighted by atomic mass is 35.5. The van der Waals surface area contributed by atoms with Gasteiger partial charge in [0.15, 0.2) is 15.5 Å². The molecule has 1 N–H and O–H groups in total. The average molecular weight is 358 g/mol. The molecule has 0 radical (unpaired) electrons. The Labute approximate surface area is 136 Å². The Balaban J connectivity index is 1.80. The van der Waals surface area contributed by atoms with E-state index in [9.17, 15) is 13.2 Å². The molecule has 0 aliphatic carbocycles. The van der Waals surface area contributed by atoms with Crippen molar-refractivity contribution in [3.8, 4) is 10.4 Å². The van der Waals surface area contributed by atoms with Crippen molar-refractivity contribution in [2.75, 3.05) is 11.5 Å². The number of benzene rings is 1. The minimum Gasteiger partial charge on any atom is -0.347 e. The van der Waals surface area contributed by atoms with Crippen molar-refractivity contribution in [1.82, 2.24) is 14.9 Å². The number of carbonyl (C=O) groups excluding carboxylic acids is 1. The standard InChI is InChI=1S/C13H12ClN3O3S2/c14-9-3-1-8(2-4-9)12-11(16-17-21-12)13(18)15-10-5-6-22(19,20)7-10/h1-4,10H,5-7H2,(H,15,18).